The first-order valence-electron chi connectivity index (χ1n) is 7.20. The second-order valence-corrected chi connectivity index (χ2v) is 5.87. The number of ether oxygens (including phenoxy) is 1. The highest BCUT2D eigenvalue weighted by Crippen LogP contribution is 2.43. The number of nitrogens with two attached hydrogens (primary N) is 1. The van der Waals surface area contributed by atoms with Crippen molar-refractivity contribution in [2.75, 3.05) is 33.4 Å². The molecule has 19 heavy (non-hydrogen) atoms. The molecule has 1 saturated heterocycles. The fourth-order valence-electron chi connectivity index (χ4n) is 3.46. The molecule has 2 rings (SSSR count). The highest BCUT2D eigenvalue weighted by molar-refractivity contribution is 5.85. The van der Waals surface area contributed by atoms with Gasteiger partial charge in [0, 0.05) is 26.8 Å². The average Bonchev–Trinajstić information content (AvgIpc) is 3.05. The largest absolute Gasteiger partial charge is 0.385 e. The van der Waals surface area contributed by atoms with Crippen LogP contribution in [0, 0.1) is 11.3 Å². The third-order valence-corrected chi connectivity index (χ3v) is 4.71. The number of carbonyl (C=O) groups excluding carboxylic acids is 1. The van der Waals surface area contributed by atoms with E-state index in [0.717, 1.165) is 38.8 Å². The lowest BCUT2D eigenvalue weighted by Gasteiger charge is -2.32. The van der Waals surface area contributed by atoms with Gasteiger partial charge in [-0.15, -0.1) is 12.4 Å². The molecule has 1 saturated carbocycles. The lowest BCUT2D eigenvalue weighted by Crippen LogP contribution is -2.42. The Labute approximate surface area is 122 Å². The fourth-order valence-corrected chi connectivity index (χ4v) is 3.46. The van der Waals surface area contributed by atoms with Gasteiger partial charge in [-0.1, -0.05) is 12.8 Å². The monoisotopic (exact) mass is 290 g/mol. The molecule has 0 radical (unpaired) electrons. The Morgan fingerprint density at radius 2 is 2.11 bits per heavy atom. The van der Waals surface area contributed by atoms with Crippen LogP contribution in [-0.2, 0) is 9.53 Å². The lowest BCUT2D eigenvalue weighted by molar-refractivity contribution is -0.142. The summed E-state index contributed by atoms with van der Waals surface area (Å²) < 4.78 is 5.19. The Morgan fingerprint density at radius 3 is 2.63 bits per heavy atom. The van der Waals surface area contributed by atoms with E-state index < -0.39 is 0 Å². The van der Waals surface area contributed by atoms with E-state index in [2.05, 4.69) is 4.90 Å². The average molecular weight is 291 g/mol. The summed E-state index contributed by atoms with van der Waals surface area (Å²) in [5.41, 5.74) is 5.58. The van der Waals surface area contributed by atoms with Gasteiger partial charge >= 0.3 is 0 Å². The van der Waals surface area contributed by atoms with Crippen molar-refractivity contribution >= 4 is 18.3 Å². The normalized spacial score (nSPS) is 25.4. The molecule has 2 N–H and O–H groups in total. The molecule has 1 aliphatic heterocycles. The molecular weight excluding hydrogens is 264 g/mol. The Balaban J connectivity index is 0.00000180. The predicted molar refractivity (Wildman–Crippen MR) is 78.4 cm³/mol. The maximum atomic E-state index is 12.8. The predicted octanol–water partition coefficient (Wildman–Crippen LogP) is 1.81. The third-order valence-electron chi connectivity index (χ3n) is 4.71. The van der Waals surface area contributed by atoms with Gasteiger partial charge in [0.15, 0.2) is 0 Å². The summed E-state index contributed by atoms with van der Waals surface area (Å²) in [5.74, 6) is 0.878. The molecule has 0 aromatic carbocycles. The number of nitrogens with zero attached hydrogens (tertiary/aromatic N) is 1. The number of amides is 1. The molecule has 0 aromatic rings. The summed E-state index contributed by atoms with van der Waals surface area (Å²) >= 11 is 0. The van der Waals surface area contributed by atoms with E-state index >= 15 is 0 Å². The molecule has 0 bridgehead atoms. The van der Waals surface area contributed by atoms with Gasteiger partial charge in [-0.2, -0.15) is 0 Å². The van der Waals surface area contributed by atoms with Crippen LogP contribution < -0.4 is 5.73 Å². The topological polar surface area (TPSA) is 55.6 Å². The van der Waals surface area contributed by atoms with Crippen LogP contribution in [0.25, 0.3) is 0 Å². The van der Waals surface area contributed by atoms with E-state index in [1.807, 2.05) is 0 Å². The highest BCUT2D eigenvalue weighted by atomic mass is 35.5. The molecule has 4 nitrogen and oxygen atoms in total. The number of rotatable bonds is 5. The van der Waals surface area contributed by atoms with Crippen molar-refractivity contribution < 1.29 is 9.53 Å². The van der Waals surface area contributed by atoms with Crippen LogP contribution in [0.3, 0.4) is 0 Å². The fraction of sp³-hybridized carbons (Fsp3) is 0.929. The first-order chi connectivity index (χ1) is 8.72. The van der Waals surface area contributed by atoms with E-state index in [4.69, 9.17) is 10.5 Å². The zero-order valence-electron chi connectivity index (χ0n) is 11.9. The molecule has 5 heteroatoms. The zero-order valence-corrected chi connectivity index (χ0v) is 12.7. The van der Waals surface area contributed by atoms with Crippen LogP contribution >= 0.6 is 12.4 Å². The van der Waals surface area contributed by atoms with Gasteiger partial charge in [0.05, 0.1) is 5.41 Å². The number of halogens is 1. The zero-order chi connectivity index (χ0) is 13.0. The molecule has 0 aromatic heterocycles. The van der Waals surface area contributed by atoms with E-state index in [0.29, 0.717) is 25.0 Å². The first kappa shape index (κ1) is 16.7. The van der Waals surface area contributed by atoms with Crippen LogP contribution in [-0.4, -0.2) is 44.2 Å². The van der Waals surface area contributed by atoms with Crippen molar-refractivity contribution in [2.24, 2.45) is 17.1 Å². The summed E-state index contributed by atoms with van der Waals surface area (Å²) in [4.78, 5) is 14.8. The van der Waals surface area contributed by atoms with E-state index in [1.54, 1.807) is 7.11 Å². The Bertz CT molecular complexity index is 293. The number of hydrogen-bond donors (Lipinski definition) is 1. The third kappa shape index (κ3) is 3.61. The van der Waals surface area contributed by atoms with Gasteiger partial charge in [-0.3, -0.25) is 4.79 Å². The maximum Gasteiger partial charge on any atom is 0.228 e. The van der Waals surface area contributed by atoms with Crippen molar-refractivity contribution in [3.63, 3.8) is 0 Å². The standard InChI is InChI=1S/C14H26N2O2.ClH/c1-18-9-7-14(5-2-3-6-14)13(17)16-8-4-12(10-15)11-16;/h12H,2-11,15H2,1H3;1H. The number of carbonyl (C=O) groups is 1. The molecule has 2 fully saturated rings. The molecule has 1 amide bonds. The molecule has 112 valence electrons. The quantitative estimate of drug-likeness (QED) is 0.840. The molecule has 1 unspecified atom stereocenters. The maximum absolute atomic E-state index is 12.8. The van der Waals surface area contributed by atoms with Crippen molar-refractivity contribution in [1.29, 1.82) is 0 Å². The second kappa shape index (κ2) is 7.46. The number of methoxy groups -OCH3 is 1. The summed E-state index contributed by atoms with van der Waals surface area (Å²) in [6.45, 7) is 3.16. The molecule has 1 aliphatic carbocycles. The van der Waals surface area contributed by atoms with Crippen LogP contribution in [0.4, 0.5) is 0 Å². The van der Waals surface area contributed by atoms with Crippen LogP contribution in [0.2, 0.25) is 0 Å². The van der Waals surface area contributed by atoms with Crippen LogP contribution in [0.15, 0.2) is 0 Å². The summed E-state index contributed by atoms with van der Waals surface area (Å²) in [5, 5.41) is 0. The van der Waals surface area contributed by atoms with Gasteiger partial charge < -0.3 is 15.4 Å². The van der Waals surface area contributed by atoms with E-state index in [9.17, 15) is 4.79 Å². The van der Waals surface area contributed by atoms with Gasteiger partial charge in [0.2, 0.25) is 5.91 Å². The second-order valence-electron chi connectivity index (χ2n) is 5.87. The van der Waals surface area contributed by atoms with Gasteiger partial charge in [-0.25, -0.2) is 0 Å². The molecule has 1 heterocycles. The SMILES string of the molecule is COCCC1(C(=O)N2CCC(CN)C2)CCCC1.Cl. The Hall–Kier alpha value is -0.320. The summed E-state index contributed by atoms with van der Waals surface area (Å²) in [7, 11) is 1.72. The summed E-state index contributed by atoms with van der Waals surface area (Å²) in [6.07, 6.45) is 6.40. The minimum absolute atomic E-state index is 0. The van der Waals surface area contributed by atoms with Crippen molar-refractivity contribution in [2.45, 2.75) is 38.5 Å². The van der Waals surface area contributed by atoms with Gasteiger partial charge in [0.1, 0.15) is 0 Å². The van der Waals surface area contributed by atoms with Crippen LogP contribution in [0.1, 0.15) is 38.5 Å². The molecule has 0 spiro atoms. The van der Waals surface area contributed by atoms with E-state index in [-0.39, 0.29) is 17.8 Å². The highest BCUT2D eigenvalue weighted by Gasteiger charge is 2.44. The van der Waals surface area contributed by atoms with Gasteiger partial charge in [-0.05, 0) is 38.1 Å². The molecule has 2 aliphatic rings. The smallest absolute Gasteiger partial charge is 0.228 e. The van der Waals surface area contributed by atoms with Gasteiger partial charge in [0.25, 0.3) is 0 Å². The minimum atomic E-state index is -0.125. The first-order valence-corrected chi connectivity index (χ1v) is 7.20. The van der Waals surface area contributed by atoms with Crippen molar-refractivity contribution in [3.05, 3.63) is 0 Å². The number of likely N-dealkylation sites (tertiary alicyclic amines) is 1. The Morgan fingerprint density at radius 1 is 1.42 bits per heavy atom. The van der Waals surface area contributed by atoms with Crippen LogP contribution in [0.5, 0.6) is 0 Å². The number of hydrogen-bond acceptors (Lipinski definition) is 3. The lowest BCUT2D eigenvalue weighted by atomic mass is 9.81. The summed E-state index contributed by atoms with van der Waals surface area (Å²) in [6, 6.07) is 0. The molecule has 1 atom stereocenters. The van der Waals surface area contributed by atoms with Crippen molar-refractivity contribution in [3.8, 4) is 0 Å². The molecular formula is C14H27ClN2O2. The Kier molecular flexibility index (Phi) is 6.57. The minimum Gasteiger partial charge on any atom is -0.385 e. The van der Waals surface area contributed by atoms with E-state index in [1.165, 1.54) is 12.8 Å². The van der Waals surface area contributed by atoms with Crippen molar-refractivity contribution in [1.82, 2.24) is 4.90 Å².